The molecule has 0 spiro atoms. The minimum Gasteiger partial charge on any atom is -0.480 e. The maximum atomic E-state index is 13.5. The predicted molar refractivity (Wildman–Crippen MR) is 288 cm³/mol. The lowest BCUT2D eigenvalue weighted by atomic mass is 9.98. The maximum absolute atomic E-state index is 13.5. The molecule has 0 radical (unpaired) electrons. The van der Waals surface area contributed by atoms with Crippen LogP contribution >= 0.6 is 0 Å². The van der Waals surface area contributed by atoms with Gasteiger partial charge < -0.3 is 20.5 Å². The molecule has 0 bridgehead atoms. The normalized spacial score (nSPS) is 12.3. The Morgan fingerprint density at radius 2 is 0.935 bits per heavy atom. The van der Waals surface area contributed by atoms with Crippen molar-refractivity contribution in [1.29, 1.82) is 0 Å². The van der Waals surface area contributed by atoms with Crippen LogP contribution in [0, 0.1) is 35.5 Å². The van der Waals surface area contributed by atoms with Gasteiger partial charge in [0.2, 0.25) is 0 Å². The van der Waals surface area contributed by atoms with Crippen molar-refractivity contribution in [2.45, 2.75) is 39.3 Å². The number of nitrogens with zero attached hydrogens (tertiary/aromatic N) is 4. The van der Waals surface area contributed by atoms with E-state index < -0.39 is 53.6 Å². The average molecular weight is 1030 g/mol. The largest absolute Gasteiger partial charge is 0.480 e. The molecular weight excluding hydrogens is 977 g/mol. The summed E-state index contributed by atoms with van der Waals surface area (Å²) in [5.74, 6) is 17.8. The fourth-order valence-corrected chi connectivity index (χ4v) is 8.08. The molecule has 4 unspecified atom stereocenters. The topological polar surface area (TPSA) is 284 Å². The van der Waals surface area contributed by atoms with Gasteiger partial charge in [0.1, 0.15) is 12.1 Å². The molecule has 0 saturated heterocycles. The molecule has 0 aliphatic heterocycles. The summed E-state index contributed by atoms with van der Waals surface area (Å²) < 4.78 is 5.60. The van der Waals surface area contributed by atoms with Gasteiger partial charge in [-0.15, -0.1) is 0 Å². The number of benzene rings is 4. The molecule has 384 valence electrons. The summed E-state index contributed by atoms with van der Waals surface area (Å²) in [6, 6.07) is 31.8. The van der Waals surface area contributed by atoms with Crippen molar-refractivity contribution in [1.82, 2.24) is 41.4 Å². The maximum Gasteiger partial charge on any atom is 0.328 e. The van der Waals surface area contributed by atoms with Gasteiger partial charge in [-0.3, -0.25) is 40.0 Å². The molecule has 8 rings (SSSR count). The molecule has 0 aliphatic carbocycles. The van der Waals surface area contributed by atoms with Gasteiger partial charge in [0.25, 0.3) is 23.6 Å². The van der Waals surface area contributed by atoms with E-state index >= 15 is 0 Å². The number of aromatic nitrogens is 4. The third kappa shape index (κ3) is 12.8. The number of fused-ring (bicyclic) bond motifs is 2. The second-order valence-corrected chi connectivity index (χ2v) is 17.9. The van der Waals surface area contributed by atoms with Crippen molar-refractivity contribution in [3.63, 3.8) is 0 Å². The Balaban J connectivity index is 0.835. The van der Waals surface area contributed by atoms with Gasteiger partial charge in [-0.1, -0.05) is 75.1 Å². The number of amides is 4. The van der Waals surface area contributed by atoms with Crippen LogP contribution in [-0.2, 0) is 14.3 Å². The Morgan fingerprint density at radius 1 is 0.545 bits per heavy atom. The molecule has 0 aliphatic rings. The molecule has 0 saturated carbocycles. The predicted octanol–water partition coefficient (Wildman–Crippen LogP) is 6.12. The smallest absolute Gasteiger partial charge is 0.328 e. The van der Waals surface area contributed by atoms with E-state index in [0.29, 0.717) is 73.0 Å². The van der Waals surface area contributed by atoms with Crippen LogP contribution in [0.15, 0.2) is 146 Å². The summed E-state index contributed by atoms with van der Waals surface area (Å²) in [7, 11) is 0. The zero-order valence-electron chi connectivity index (χ0n) is 41.8. The minimum atomic E-state index is -1.42. The first-order chi connectivity index (χ1) is 37.2. The highest BCUT2D eigenvalue weighted by Crippen LogP contribution is 2.27. The second-order valence-electron chi connectivity index (χ2n) is 17.9. The summed E-state index contributed by atoms with van der Waals surface area (Å²) in [6.45, 7) is 4.82. The molecule has 8 aromatic rings. The molecule has 0 fully saturated rings. The number of nitrogen functional groups attached to an aromatic ring is 2. The Hall–Kier alpha value is -10.1. The average Bonchev–Trinajstić information content (AvgIpc) is 3.49. The SMILES string of the molecule is CCC(C)C(NC(=O)c1ccc(C#Cc2ccc(-c3cc(C(=O)NN)c4cnccc4n3)cc2)cc1)C(=O)OCC(C)C(NC(=O)c1ccc(C#Cc2ccc(-c3cc(C(=O)NN)c4cnccc4n3)cc2)cc1)C(=O)O. The number of hydrogen-bond donors (Lipinski definition) is 7. The first-order valence-corrected chi connectivity index (χ1v) is 24.2. The zero-order valence-corrected chi connectivity index (χ0v) is 41.8. The van der Waals surface area contributed by atoms with Crippen LogP contribution in [0.25, 0.3) is 44.3 Å². The van der Waals surface area contributed by atoms with E-state index in [0.717, 1.165) is 11.1 Å². The second kappa shape index (κ2) is 24.3. The Kier molecular flexibility index (Phi) is 16.8. The van der Waals surface area contributed by atoms with Crippen LogP contribution in [0.2, 0.25) is 0 Å². The van der Waals surface area contributed by atoms with E-state index in [1.165, 1.54) is 19.1 Å². The third-order valence-electron chi connectivity index (χ3n) is 12.7. The molecule has 4 amide bonds. The van der Waals surface area contributed by atoms with Crippen molar-refractivity contribution in [2.75, 3.05) is 6.61 Å². The third-order valence-corrected chi connectivity index (χ3v) is 12.7. The monoisotopic (exact) mass is 1030 g/mol. The number of nitrogens with two attached hydrogens (primary N) is 2. The standard InChI is InChI=1S/C59H50N10O8/c1-4-34(2)53(67-55(71)43-23-15-39(16-24-43)8-6-37-11-19-41(20-12-37)51-30-45(57(73)69-61)47-32-63-28-26-49(47)65-51)59(76)77-33-35(3)52(58(74)75)66-54(70)42-21-13-38(14-22-42)7-5-36-9-17-40(18-10-36)50-29-44(56(72)68-60)46-31-62-27-25-48(46)64-50/h9-32,34-35,52-53H,4,33,60-61H2,1-3H3,(H,66,70)(H,67,71)(H,68,72)(H,69,73)(H,74,75). The molecular formula is C59H50N10O8. The van der Waals surface area contributed by atoms with Gasteiger partial charge >= 0.3 is 11.9 Å². The minimum absolute atomic E-state index is 0.188. The first kappa shape index (κ1) is 53.2. The highest BCUT2D eigenvalue weighted by molar-refractivity contribution is 6.07. The van der Waals surface area contributed by atoms with Crippen molar-refractivity contribution in [3.8, 4) is 46.2 Å². The molecule has 4 aromatic heterocycles. The van der Waals surface area contributed by atoms with E-state index in [4.69, 9.17) is 16.4 Å². The van der Waals surface area contributed by atoms with Crippen LogP contribution in [0.3, 0.4) is 0 Å². The molecule has 18 nitrogen and oxygen atoms in total. The lowest BCUT2D eigenvalue weighted by Crippen LogP contribution is -2.49. The van der Waals surface area contributed by atoms with Crippen LogP contribution in [-0.4, -0.2) is 79.3 Å². The van der Waals surface area contributed by atoms with Gasteiger partial charge in [0.05, 0.1) is 40.2 Å². The summed E-state index contributed by atoms with van der Waals surface area (Å²) >= 11 is 0. The highest BCUT2D eigenvalue weighted by atomic mass is 16.5. The number of carboxylic acid groups (broad SMARTS) is 1. The number of aliphatic carboxylic acids is 1. The van der Waals surface area contributed by atoms with Gasteiger partial charge in [0, 0.05) is 86.0 Å². The summed E-state index contributed by atoms with van der Waals surface area (Å²) in [5, 5.41) is 16.6. The van der Waals surface area contributed by atoms with E-state index in [2.05, 4.69) is 65.1 Å². The number of carbonyl (C=O) groups excluding carboxylic acids is 5. The molecule has 18 heteroatoms. The van der Waals surface area contributed by atoms with E-state index in [1.807, 2.05) is 55.5 Å². The quantitative estimate of drug-likeness (QED) is 0.0200. The fourth-order valence-electron chi connectivity index (χ4n) is 8.08. The van der Waals surface area contributed by atoms with Crippen molar-refractivity contribution < 1.29 is 38.6 Å². The molecule has 4 aromatic carbocycles. The summed E-state index contributed by atoms with van der Waals surface area (Å²) in [4.78, 5) is 95.2. The summed E-state index contributed by atoms with van der Waals surface area (Å²) in [5.41, 5.74) is 11.9. The van der Waals surface area contributed by atoms with Gasteiger partial charge in [-0.2, -0.15) is 0 Å². The molecule has 77 heavy (non-hydrogen) atoms. The fraction of sp³-hybridized carbons (Fsp3) is 0.153. The van der Waals surface area contributed by atoms with Gasteiger partial charge in [0.15, 0.2) is 0 Å². The van der Waals surface area contributed by atoms with Crippen molar-refractivity contribution in [2.24, 2.45) is 23.5 Å². The number of hydrogen-bond acceptors (Lipinski definition) is 13. The van der Waals surface area contributed by atoms with Gasteiger partial charge in [-0.25, -0.2) is 31.2 Å². The zero-order chi connectivity index (χ0) is 54.6. The molecule has 4 atom stereocenters. The van der Waals surface area contributed by atoms with Crippen molar-refractivity contribution >= 4 is 57.4 Å². The van der Waals surface area contributed by atoms with Gasteiger partial charge in [-0.05, 0) is 103 Å². The number of pyridine rings is 4. The Morgan fingerprint density at radius 3 is 1.31 bits per heavy atom. The van der Waals surface area contributed by atoms with Crippen LogP contribution < -0.4 is 33.2 Å². The lowest BCUT2D eigenvalue weighted by Gasteiger charge is -2.25. The Labute approximate surface area is 442 Å². The number of ether oxygens (including phenoxy) is 1. The Bertz CT molecular complexity index is 3680. The number of carbonyl (C=O) groups is 6. The molecule has 4 heterocycles. The number of hydrazine groups is 2. The van der Waals surface area contributed by atoms with E-state index in [1.54, 1.807) is 92.4 Å². The summed E-state index contributed by atoms with van der Waals surface area (Å²) in [6.07, 6.45) is 6.82. The van der Waals surface area contributed by atoms with E-state index in [-0.39, 0.29) is 23.7 Å². The molecule has 9 N–H and O–H groups in total. The highest BCUT2D eigenvalue weighted by Gasteiger charge is 2.32. The lowest BCUT2D eigenvalue weighted by molar-refractivity contribution is -0.151. The first-order valence-electron chi connectivity index (χ1n) is 24.2. The number of rotatable bonds is 15. The van der Waals surface area contributed by atoms with Crippen LogP contribution in [0.5, 0.6) is 0 Å². The van der Waals surface area contributed by atoms with Crippen LogP contribution in [0.4, 0.5) is 0 Å². The van der Waals surface area contributed by atoms with Crippen LogP contribution in [0.1, 0.15) is 90.9 Å². The number of nitrogens with one attached hydrogen (secondary N) is 4. The number of carboxylic acids is 1. The number of esters is 1. The van der Waals surface area contributed by atoms with Crippen molar-refractivity contribution in [3.05, 3.63) is 191 Å². The van der Waals surface area contributed by atoms with E-state index in [9.17, 15) is 33.9 Å².